The van der Waals surface area contributed by atoms with Crippen LogP contribution in [-0.4, -0.2) is 5.11 Å². The van der Waals surface area contributed by atoms with Gasteiger partial charge in [-0.25, -0.2) is 4.39 Å². The molecule has 0 fully saturated rings. The minimum Gasteiger partial charge on any atom is -0.384 e. The normalized spacial score (nSPS) is 12.4. The van der Waals surface area contributed by atoms with Gasteiger partial charge in [0.05, 0.1) is 6.10 Å². The molecule has 0 aliphatic carbocycles. The number of aliphatic hydroxyl groups excluding tert-OH is 1. The maximum Gasteiger partial charge on any atom is 0.126 e. The number of benzene rings is 1. The standard InChI is InChI=1S/C12H15FO/c1-8(2)7-12(14)10-5-4-6-11(13)9(10)3/h4-7,12,14H,1-3H3. The van der Waals surface area contributed by atoms with Crippen molar-refractivity contribution in [1.82, 2.24) is 0 Å². The van der Waals surface area contributed by atoms with Crippen molar-refractivity contribution in [2.75, 3.05) is 0 Å². The van der Waals surface area contributed by atoms with Crippen LogP contribution in [0.1, 0.15) is 31.1 Å². The van der Waals surface area contributed by atoms with E-state index in [1.807, 2.05) is 13.8 Å². The third kappa shape index (κ3) is 2.42. The minimum atomic E-state index is -0.712. The van der Waals surface area contributed by atoms with Crippen LogP contribution in [0.3, 0.4) is 0 Å². The lowest BCUT2D eigenvalue weighted by Gasteiger charge is -2.10. The molecule has 1 unspecified atom stereocenters. The highest BCUT2D eigenvalue weighted by Crippen LogP contribution is 2.21. The molecular formula is C12H15FO. The van der Waals surface area contributed by atoms with Crippen molar-refractivity contribution < 1.29 is 9.50 Å². The molecule has 14 heavy (non-hydrogen) atoms. The van der Waals surface area contributed by atoms with Gasteiger partial charge in [-0.2, -0.15) is 0 Å². The summed E-state index contributed by atoms with van der Waals surface area (Å²) in [5.41, 5.74) is 2.16. The van der Waals surface area contributed by atoms with Gasteiger partial charge in [-0.15, -0.1) is 0 Å². The van der Waals surface area contributed by atoms with Gasteiger partial charge in [0.2, 0.25) is 0 Å². The van der Waals surface area contributed by atoms with Crippen LogP contribution in [0.15, 0.2) is 29.8 Å². The number of allylic oxidation sites excluding steroid dienone is 1. The fourth-order valence-electron chi connectivity index (χ4n) is 1.35. The summed E-state index contributed by atoms with van der Waals surface area (Å²) >= 11 is 0. The Morgan fingerprint density at radius 1 is 1.43 bits per heavy atom. The van der Waals surface area contributed by atoms with E-state index in [1.54, 1.807) is 25.1 Å². The Kier molecular flexibility index (Phi) is 3.42. The Hall–Kier alpha value is -1.15. The highest BCUT2D eigenvalue weighted by Gasteiger charge is 2.09. The number of halogens is 1. The predicted octanol–water partition coefficient (Wildman–Crippen LogP) is 3.13. The van der Waals surface area contributed by atoms with Crippen LogP contribution >= 0.6 is 0 Å². The molecule has 1 nitrogen and oxygen atoms in total. The van der Waals surface area contributed by atoms with Crippen molar-refractivity contribution in [1.29, 1.82) is 0 Å². The Morgan fingerprint density at radius 2 is 2.07 bits per heavy atom. The van der Waals surface area contributed by atoms with Crippen LogP contribution in [0.2, 0.25) is 0 Å². The SMILES string of the molecule is CC(C)=CC(O)c1cccc(F)c1C. The monoisotopic (exact) mass is 194 g/mol. The minimum absolute atomic E-state index is 0.274. The van der Waals surface area contributed by atoms with Crippen LogP contribution in [0, 0.1) is 12.7 Å². The van der Waals surface area contributed by atoms with Crippen molar-refractivity contribution in [3.8, 4) is 0 Å². The van der Waals surface area contributed by atoms with Crippen molar-refractivity contribution in [2.24, 2.45) is 0 Å². The van der Waals surface area contributed by atoms with Gasteiger partial charge in [-0.1, -0.05) is 23.8 Å². The second kappa shape index (κ2) is 4.38. The largest absolute Gasteiger partial charge is 0.384 e. The molecule has 76 valence electrons. The van der Waals surface area contributed by atoms with Crippen molar-refractivity contribution in [2.45, 2.75) is 26.9 Å². The third-order valence-corrected chi connectivity index (χ3v) is 2.12. The van der Waals surface area contributed by atoms with Gasteiger partial charge >= 0.3 is 0 Å². The van der Waals surface area contributed by atoms with E-state index < -0.39 is 6.10 Å². The Bertz CT molecular complexity index is 351. The average molecular weight is 194 g/mol. The van der Waals surface area contributed by atoms with Gasteiger partial charge < -0.3 is 5.11 Å². The van der Waals surface area contributed by atoms with Crippen molar-refractivity contribution in [3.63, 3.8) is 0 Å². The topological polar surface area (TPSA) is 20.2 Å². The van der Waals surface area contributed by atoms with Crippen LogP contribution in [0.5, 0.6) is 0 Å². The van der Waals surface area contributed by atoms with Crippen molar-refractivity contribution in [3.05, 3.63) is 46.8 Å². The maximum absolute atomic E-state index is 13.1. The lowest BCUT2D eigenvalue weighted by atomic mass is 10.0. The van der Waals surface area contributed by atoms with E-state index in [-0.39, 0.29) is 5.82 Å². The highest BCUT2D eigenvalue weighted by molar-refractivity contribution is 5.31. The molecule has 0 aliphatic rings. The van der Waals surface area contributed by atoms with Crippen LogP contribution < -0.4 is 0 Å². The molecule has 0 aromatic heterocycles. The van der Waals surface area contributed by atoms with E-state index in [1.165, 1.54) is 6.07 Å². The average Bonchev–Trinajstić information content (AvgIpc) is 2.08. The van der Waals surface area contributed by atoms with E-state index in [2.05, 4.69) is 0 Å². The van der Waals surface area contributed by atoms with Gasteiger partial charge in [-0.3, -0.25) is 0 Å². The van der Waals surface area contributed by atoms with Crippen LogP contribution in [0.4, 0.5) is 4.39 Å². The first-order valence-electron chi connectivity index (χ1n) is 4.60. The molecule has 1 rings (SSSR count). The molecular weight excluding hydrogens is 179 g/mol. The summed E-state index contributed by atoms with van der Waals surface area (Å²) in [6, 6.07) is 4.75. The first-order chi connectivity index (χ1) is 6.52. The molecule has 1 aromatic carbocycles. The van der Waals surface area contributed by atoms with E-state index >= 15 is 0 Å². The molecule has 2 heteroatoms. The number of rotatable bonds is 2. The molecule has 0 aliphatic heterocycles. The quantitative estimate of drug-likeness (QED) is 0.717. The molecule has 0 spiro atoms. The number of hydrogen-bond acceptors (Lipinski definition) is 1. The van der Waals surface area contributed by atoms with E-state index in [0.29, 0.717) is 11.1 Å². The summed E-state index contributed by atoms with van der Waals surface area (Å²) in [6.07, 6.45) is 0.998. The molecule has 0 amide bonds. The van der Waals surface area contributed by atoms with E-state index in [4.69, 9.17) is 0 Å². The maximum atomic E-state index is 13.1. The first-order valence-corrected chi connectivity index (χ1v) is 4.60. The van der Waals surface area contributed by atoms with Crippen LogP contribution in [-0.2, 0) is 0 Å². The van der Waals surface area contributed by atoms with Gasteiger partial charge in [0.1, 0.15) is 5.82 Å². The van der Waals surface area contributed by atoms with E-state index in [0.717, 1.165) is 5.57 Å². The Balaban J connectivity index is 3.07. The fraction of sp³-hybridized carbons (Fsp3) is 0.333. The summed E-state index contributed by atoms with van der Waals surface area (Å²) in [5.74, 6) is -0.274. The van der Waals surface area contributed by atoms with Gasteiger partial charge in [0.25, 0.3) is 0 Å². The van der Waals surface area contributed by atoms with Crippen LogP contribution in [0.25, 0.3) is 0 Å². The Labute approximate surface area is 83.9 Å². The number of hydrogen-bond donors (Lipinski definition) is 1. The molecule has 0 saturated carbocycles. The summed E-state index contributed by atoms with van der Waals surface area (Å²) in [6.45, 7) is 5.47. The zero-order valence-corrected chi connectivity index (χ0v) is 8.71. The summed E-state index contributed by atoms with van der Waals surface area (Å²) in [4.78, 5) is 0. The van der Waals surface area contributed by atoms with Crippen molar-refractivity contribution >= 4 is 0 Å². The van der Waals surface area contributed by atoms with E-state index in [9.17, 15) is 9.50 Å². The molecule has 0 saturated heterocycles. The van der Waals surface area contributed by atoms with Gasteiger partial charge in [0.15, 0.2) is 0 Å². The molecule has 0 heterocycles. The summed E-state index contributed by atoms with van der Waals surface area (Å²) in [7, 11) is 0. The zero-order valence-electron chi connectivity index (χ0n) is 8.71. The molecule has 0 radical (unpaired) electrons. The van der Waals surface area contributed by atoms with Gasteiger partial charge in [0, 0.05) is 0 Å². The molecule has 1 N–H and O–H groups in total. The zero-order chi connectivity index (χ0) is 10.7. The second-order valence-corrected chi connectivity index (χ2v) is 3.64. The molecule has 0 bridgehead atoms. The lowest BCUT2D eigenvalue weighted by molar-refractivity contribution is 0.226. The first kappa shape index (κ1) is 10.9. The predicted molar refractivity (Wildman–Crippen MR) is 55.5 cm³/mol. The number of aliphatic hydroxyl groups is 1. The van der Waals surface area contributed by atoms with Gasteiger partial charge in [-0.05, 0) is 38.0 Å². The smallest absolute Gasteiger partial charge is 0.126 e. The summed E-state index contributed by atoms with van der Waals surface area (Å²) < 4.78 is 13.1. The Morgan fingerprint density at radius 3 is 2.64 bits per heavy atom. The lowest BCUT2D eigenvalue weighted by Crippen LogP contribution is -1.99. The second-order valence-electron chi connectivity index (χ2n) is 3.64. The molecule has 1 aromatic rings. The third-order valence-electron chi connectivity index (χ3n) is 2.12. The highest BCUT2D eigenvalue weighted by atomic mass is 19.1. The fourth-order valence-corrected chi connectivity index (χ4v) is 1.35. The summed E-state index contributed by atoms with van der Waals surface area (Å²) in [5, 5.41) is 9.75. The molecule has 1 atom stereocenters.